The van der Waals surface area contributed by atoms with Gasteiger partial charge in [-0.25, -0.2) is 8.42 Å². The number of nitrogens with zero attached hydrogens (tertiary/aromatic N) is 1. The molecule has 33 heavy (non-hydrogen) atoms. The van der Waals surface area contributed by atoms with Crippen molar-refractivity contribution in [1.29, 1.82) is 0 Å². The van der Waals surface area contributed by atoms with Crippen LogP contribution in [0.2, 0.25) is 5.02 Å². The second-order valence-electron chi connectivity index (χ2n) is 7.63. The van der Waals surface area contributed by atoms with Crippen LogP contribution >= 0.6 is 11.6 Å². The normalized spacial score (nSPS) is 14.5. The van der Waals surface area contributed by atoms with Gasteiger partial charge in [-0.2, -0.15) is 4.31 Å². The predicted octanol–water partition coefficient (Wildman–Crippen LogP) is 3.64. The van der Waals surface area contributed by atoms with Gasteiger partial charge in [0.2, 0.25) is 10.0 Å². The van der Waals surface area contributed by atoms with E-state index in [1.54, 1.807) is 12.1 Å². The monoisotopic (exact) mass is 494 g/mol. The van der Waals surface area contributed by atoms with Gasteiger partial charge in [0.15, 0.2) is 6.61 Å². The summed E-state index contributed by atoms with van der Waals surface area (Å²) in [6.45, 7) is 0.439. The van der Waals surface area contributed by atoms with Crippen molar-refractivity contribution in [3.8, 4) is 5.75 Å². The highest BCUT2D eigenvalue weighted by atomic mass is 35.5. The van der Waals surface area contributed by atoms with Crippen molar-refractivity contribution in [1.82, 2.24) is 4.31 Å². The van der Waals surface area contributed by atoms with Crippen LogP contribution < -0.4 is 10.1 Å². The van der Waals surface area contributed by atoms with E-state index in [2.05, 4.69) is 5.32 Å². The molecule has 0 unspecified atom stereocenters. The molecule has 3 rings (SSSR count). The molecule has 0 aromatic heterocycles. The van der Waals surface area contributed by atoms with Crippen LogP contribution in [0.4, 0.5) is 5.69 Å². The Morgan fingerprint density at radius 1 is 1.09 bits per heavy atom. The zero-order valence-corrected chi connectivity index (χ0v) is 20.0. The predicted molar refractivity (Wildman–Crippen MR) is 125 cm³/mol. The molecule has 2 aromatic carbocycles. The first-order chi connectivity index (χ1) is 15.8. The molecule has 0 spiro atoms. The molecule has 0 bridgehead atoms. The summed E-state index contributed by atoms with van der Waals surface area (Å²) in [4.78, 5) is 24.4. The summed E-state index contributed by atoms with van der Waals surface area (Å²) < 4.78 is 37.6. The Balaban J connectivity index is 1.59. The molecular weight excluding hydrogens is 468 g/mol. The van der Waals surface area contributed by atoms with Gasteiger partial charge in [-0.1, -0.05) is 36.2 Å². The molecule has 0 aliphatic carbocycles. The highest BCUT2D eigenvalue weighted by Gasteiger charge is 2.27. The number of carbonyl (C=O) groups is 2. The molecule has 8 nitrogen and oxygen atoms in total. The third kappa shape index (κ3) is 6.69. The van der Waals surface area contributed by atoms with E-state index in [0.717, 1.165) is 24.8 Å². The van der Waals surface area contributed by atoms with Crippen molar-refractivity contribution in [2.75, 3.05) is 32.1 Å². The van der Waals surface area contributed by atoms with Crippen LogP contribution in [-0.4, -0.2) is 51.4 Å². The summed E-state index contributed by atoms with van der Waals surface area (Å²) in [6.07, 6.45) is 3.11. The fourth-order valence-corrected chi connectivity index (χ4v) is 5.32. The van der Waals surface area contributed by atoms with Crippen LogP contribution in [0.1, 0.15) is 31.2 Å². The van der Waals surface area contributed by atoms with E-state index in [9.17, 15) is 18.0 Å². The second kappa shape index (κ2) is 11.5. The lowest BCUT2D eigenvalue weighted by atomic mass is 10.1. The van der Waals surface area contributed by atoms with Gasteiger partial charge in [-0.3, -0.25) is 9.59 Å². The average Bonchev–Trinajstić information content (AvgIpc) is 2.82. The maximum absolute atomic E-state index is 12.9. The van der Waals surface area contributed by atoms with Crippen molar-refractivity contribution < 1.29 is 27.5 Å². The number of benzene rings is 2. The van der Waals surface area contributed by atoms with E-state index in [-0.39, 0.29) is 17.0 Å². The Morgan fingerprint density at radius 3 is 2.52 bits per heavy atom. The highest BCUT2D eigenvalue weighted by molar-refractivity contribution is 7.89. The zero-order valence-electron chi connectivity index (χ0n) is 18.4. The quantitative estimate of drug-likeness (QED) is 0.534. The van der Waals surface area contributed by atoms with Crippen LogP contribution in [0.15, 0.2) is 47.4 Å². The van der Waals surface area contributed by atoms with Gasteiger partial charge in [-0.05, 0) is 49.1 Å². The number of piperidine rings is 1. The van der Waals surface area contributed by atoms with Gasteiger partial charge in [0.1, 0.15) is 5.75 Å². The van der Waals surface area contributed by atoms with Gasteiger partial charge in [0, 0.05) is 24.5 Å². The molecule has 0 saturated carbocycles. The first-order valence-electron chi connectivity index (χ1n) is 10.7. The summed E-state index contributed by atoms with van der Waals surface area (Å²) in [7, 11) is -2.26. The molecule has 10 heteroatoms. The maximum atomic E-state index is 12.9. The molecular formula is C23H27ClN2O6S. The van der Waals surface area contributed by atoms with E-state index in [1.807, 2.05) is 12.1 Å². The largest absolute Gasteiger partial charge is 0.495 e. The average molecular weight is 495 g/mol. The van der Waals surface area contributed by atoms with Crippen LogP contribution in [0.5, 0.6) is 5.75 Å². The van der Waals surface area contributed by atoms with Gasteiger partial charge < -0.3 is 14.8 Å². The fraction of sp³-hybridized carbons (Fsp3) is 0.391. The Morgan fingerprint density at radius 2 is 1.82 bits per heavy atom. The first kappa shape index (κ1) is 25.0. The molecule has 1 N–H and O–H groups in total. The summed E-state index contributed by atoms with van der Waals surface area (Å²) >= 11 is 6.07. The minimum absolute atomic E-state index is 0.0669. The van der Waals surface area contributed by atoms with E-state index < -0.39 is 28.5 Å². The Labute approximate surface area is 198 Å². The number of nitrogens with one attached hydrogen (secondary N) is 1. The third-order valence-corrected chi connectivity index (χ3v) is 7.58. The lowest BCUT2D eigenvalue weighted by Crippen LogP contribution is -2.35. The summed E-state index contributed by atoms with van der Waals surface area (Å²) in [6, 6.07) is 11.5. The number of esters is 1. The lowest BCUT2D eigenvalue weighted by Gasteiger charge is -2.26. The molecule has 2 aromatic rings. The molecule has 0 radical (unpaired) electrons. The van der Waals surface area contributed by atoms with Crippen LogP contribution in [0, 0.1) is 0 Å². The number of ether oxygens (including phenoxy) is 2. The smallest absolute Gasteiger partial charge is 0.306 e. The number of methoxy groups -OCH3 is 1. The Kier molecular flexibility index (Phi) is 8.71. The molecule has 1 fully saturated rings. The highest BCUT2D eigenvalue weighted by Crippen LogP contribution is 2.30. The number of sulfonamides is 1. The third-order valence-electron chi connectivity index (χ3n) is 5.32. The fourth-order valence-electron chi connectivity index (χ4n) is 3.54. The minimum atomic E-state index is -3.68. The molecule has 1 heterocycles. The van der Waals surface area contributed by atoms with Gasteiger partial charge in [-0.15, -0.1) is 0 Å². The SMILES string of the molecule is COc1ccc(S(=O)(=O)N2CCCCC2)cc1NC(=O)COC(=O)CCc1ccccc1Cl. The van der Waals surface area contributed by atoms with Gasteiger partial charge in [0.25, 0.3) is 5.91 Å². The summed E-state index contributed by atoms with van der Waals surface area (Å²) in [5.74, 6) is -0.851. The molecule has 1 amide bonds. The topological polar surface area (TPSA) is 102 Å². The standard InChI is InChI=1S/C23H27ClN2O6S/c1-31-21-11-10-18(33(29,30)26-13-5-2-6-14-26)15-20(21)25-22(27)16-32-23(28)12-9-17-7-3-4-8-19(17)24/h3-4,7-8,10-11,15H,2,5-6,9,12-14,16H2,1H3,(H,25,27). The van der Waals surface area contributed by atoms with E-state index in [4.69, 9.17) is 21.1 Å². The van der Waals surface area contributed by atoms with E-state index in [0.29, 0.717) is 30.3 Å². The number of anilines is 1. The summed E-state index contributed by atoms with van der Waals surface area (Å²) in [5.41, 5.74) is 1.00. The van der Waals surface area contributed by atoms with Crippen molar-refractivity contribution in [3.63, 3.8) is 0 Å². The number of carbonyl (C=O) groups excluding carboxylic acids is 2. The number of hydrogen-bond acceptors (Lipinski definition) is 6. The molecule has 0 atom stereocenters. The van der Waals surface area contributed by atoms with Crippen molar-refractivity contribution in [3.05, 3.63) is 53.1 Å². The van der Waals surface area contributed by atoms with Crippen LogP contribution in [0.3, 0.4) is 0 Å². The van der Waals surface area contributed by atoms with Gasteiger partial charge in [0.05, 0.1) is 17.7 Å². The number of halogens is 1. The number of rotatable bonds is 9. The Bertz CT molecular complexity index is 1100. The lowest BCUT2D eigenvalue weighted by molar-refractivity contribution is -0.147. The van der Waals surface area contributed by atoms with Crippen molar-refractivity contribution in [2.24, 2.45) is 0 Å². The molecule has 1 aliphatic rings. The second-order valence-corrected chi connectivity index (χ2v) is 9.97. The summed E-state index contributed by atoms with van der Waals surface area (Å²) in [5, 5.41) is 3.13. The Hall–Kier alpha value is -2.62. The van der Waals surface area contributed by atoms with Crippen molar-refractivity contribution >= 4 is 39.2 Å². The van der Waals surface area contributed by atoms with Crippen LogP contribution in [0.25, 0.3) is 0 Å². The molecule has 1 saturated heterocycles. The van der Waals surface area contributed by atoms with E-state index >= 15 is 0 Å². The molecule has 178 valence electrons. The number of hydrogen-bond donors (Lipinski definition) is 1. The molecule has 1 aliphatic heterocycles. The van der Waals surface area contributed by atoms with Crippen molar-refractivity contribution in [2.45, 2.75) is 37.0 Å². The first-order valence-corrected chi connectivity index (χ1v) is 12.5. The number of aryl methyl sites for hydroxylation is 1. The zero-order chi connectivity index (χ0) is 23.8. The maximum Gasteiger partial charge on any atom is 0.306 e. The van der Waals surface area contributed by atoms with Crippen LogP contribution in [-0.2, 0) is 30.8 Å². The van der Waals surface area contributed by atoms with Gasteiger partial charge >= 0.3 is 5.97 Å². The number of amides is 1. The minimum Gasteiger partial charge on any atom is -0.495 e. The van der Waals surface area contributed by atoms with E-state index in [1.165, 1.54) is 29.6 Å².